The van der Waals surface area contributed by atoms with E-state index in [1.807, 2.05) is 11.0 Å². The highest BCUT2D eigenvalue weighted by molar-refractivity contribution is 7.99. The highest BCUT2D eigenvalue weighted by atomic mass is 32.2. The molecule has 0 saturated heterocycles. The maximum Gasteiger partial charge on any atom is 0.237 e. The Labute approximate surface area is 151 Å². The van der Waals surface area contributed by atoms with Crippen molar-refractivity contribution in [2.45, 2.75) is 55.6 Å². The van der Waals surface area contributed by atoms with Gasteiger partial charge in [0, 0.05) is 24.2 Å². The van der Waals surface area contributed by atoms with Crippen molar-refractivity contribution in [2.24, 2.45) is 0 Å². The lowest BCUT2D eigenvalue weighted by Crippen LogP contribution is -2.36. The number of nitrogens with zero attached hydrogens (tertiary/aromatic N) is 4. The van der Waals surface area contributed by atoms with E-state index in [9.17, 15) is 4.79 Å². The van der Waals surface area contributed by atoms with E-state index in [0.717, 1.165) is 36.1 Å². The maximum absolute atomic E-state index is 12.8. The number of carbonyl (C=O) groups excluding carboxylic acids is 1. The van der Waals surface area contributed by atoms with Crippen LogP contribution in [0.5, 0.6) is 0 Å². The number of thioether (sulfide) groups is 1. The molecule has 0 radical (unpaired) electrons. The number of para-hydroxylation sites is 1. The average molecular weight is 354 g/mol. The Kier molecular flexibility index (Phi) is 3.81. The van der Waals surface area contributed by atoms with E-state index in [0.29, 0.717) is 17.7 Å². The third kappa shape index (κ3) is 2.97. The molecule has 2 saturated carbocycles. The van der Waals surface area contributed by atoms with Crippen LogP contribution >= 0.6 is 11.8 Å². The first-order valence-corrected chi connectivity index (χ1v) is 10.3. The third-order valence-electron chi connectivity index (χ3n) is 5.28. The van der Waals surface area contributed by atoms with E-state index in [-0.39, 0.29) is 5.91 Å². The minimum atomic E-state index is 0.176. The topological polar surface area (TPSA) is 51.0 Å². The minimum absolute atomic E-state index is 0.176. The molecule has 0 N–H and O–H groups in total. The number of rotatable bonds is 5. The Morgan fingerprint density at radius 1 is 1.16 bits per heavy atom. The molecule has 2 fully saturated rings. The highest BCUT2D eigenvalue weighted by Gasteiger charge is 2.36. The summed E-state index contributed by atoms with van der Waals surface area (Å²) in [6, 6.07) is 8.84. The Hall–Kier alpha value is -1.82. The van der Waals surface area contributed by atoms with E-state index in [4.69, 9.17) is 0 Å². The van der Waals surface area contributed by atoms with Crippen LogP contribution in [-0.2, 0) is 11.2 Å². The van der Waals surface area contributed by atoms with E-state index in [2.05, 4.69) is 33.0 Å². The Morgan fingerprint density at radius 2 is 2.00 bits per heavy atom. The van der Waals surface area contributed by atoms with Crippen LogP contribution in [-0.4, -0.2) is 33.0 Å². The molecule has 0 unspecified atom stereocenters. The van der Waals surface area contributed by atoms with Gasteiger partial charge in [-0.15, -0.1) is 10.2 Å². The molecule has 1 aliphatic heterocycles. The van der Waals surface area contributed by atoms with Crippen LogP contribution in [0.2, 0.25) is 0 Å². The minimum Gasteiger partial charge on any atom is -0.311 e. The molecular formula is C19H22N4OS. The van der Waals surface area contributed by atoms with Gasteiger partial charge >= 0.3 is 0 Å². The predicted molar refractivity (Wildman–Crippen MR) is 98.1 cm³/mol. The Bertz CT molecular complexity index is 810. The van der Waals surface area contributed by atoms with Crippen molar-refractivity contribution < 1.29 is 4.79 Å². The number of benzene rings is 1. The molecule has 1 amide bonds. The molecule has 5 rings (SSSR count). The van der Waals surface area contributed by atoms with Crippen LogP contribution in [0, 0.1) is 0 Å². The lowest BCUT2D eigenvalue weighted by molar-refractivity contribution is -0.116. The standard InChI is InChI=1S/C19H22N4OS/c24-17(22-11-3-5-13-4-1-2-6-16(13)22)12-25-19-21-20-18(14-7-8-14)23(19)15-9-10-15/h1-2,4,6,14-15H,3,5,7-12H2. The van der Waals surface area contributed by atoms with Gasteiger partial charge in [-0.1, -0.05) is 30.0 Å². The van der Waals surface area contributed by atoms with E-state index < -0.39 is 0 Å². The zero-order valence-electron chi connectivity index (χ0n) is 14.2. The van der Waals surface area contributed by atoms with Crippen LogP contribution in [0.4, 0.5) is 5.69 Å². The Balaban J connectivity index is 1.32. The summed E-state index contributed by atoms with van der Waals surface area (Å²) in [5.74, 6) is 2.37. The summed E-state index contributed by atoms with van der Waals surface area (Å²) in [5, 5.41) is 9.77. The molecule has 5 nitrogen and oxygen atoms in total. The van der Waals surface area contributed by atoms with Crippen molar-refractivity contribution in [1.29, 1.82) is 0 Å². The largest absolute Gasteiger partial charge is 0.311 e. The summed E-state index contributed by atoms with van der Waals surface area (Å²) in [7, 11) is 0. The van der Waals surface area contributed by atoms with Crippen molar-refractivity contribution in [3.8, 4) is 0 Å². The molecule has 6 heteroatoms. The van der Waals surface area contributed by atoms with Crippen molar-refractivity contribution in [1.82, 2.24) is 14.8 Å². The maximum atomic E-state index is 12.8. The van der Waals surface area contributed by atoms with E-state index in [1.165, 1.54) is 31.2 Å². The van der Waals surface area contributed by atoms with Gasteiger partial charge < -0.3 is 9.47 Å². The van der Waals surface area contributed by atoms with Gasteiger partial charge in [-0.2, -0.15) is 0 Å². The molecule has 3 aliphatic rings. The zero-order valence-corrected chi connectivity index (χ0v) is 15.0. The highest BCUT2D eigenvalue weighted by Crippen LogP contribution is 2.46. The third-order valence-corrected chi connectivity index (χ3v) is 6.21. The number of fused-ring (bicyclic) bond motifs is 1. The van der Waals surface area contributed by atoms with Gasteiger partial charge in [0.25, 0.3) is 0 Å². The summed E-state index contributed by atoms with van der Waals surface area (Å²) in [6.45, 7) is 0.818. The summed E-state index contributed by atoms with van der Waals surface area (Å²) in [4.78, 5) is 14.8. The molecule has 2 aliphatic carbocycles. The van der Waals surface area contributed by atoms with Crippen molar-refractivity contribution >= 4 is 23.4 Å². The lowest BCUT2D eigenvalue weighted by Gasteiger charge is -2.29. The summed E-state index contributed by atoms with van der Waals surface area (Å²) < 4.78 is 2.32. The second kappa shape index (κ2) is 6.16. The normalized spacial score (nSPS) is 19.8. The van der Waals surface area contributed by atoms with Gasteiger partial charge in [-0.05, 0) is 50.2 Å². The number of hydrogen-bond acceptors (Lipinski definition) is 4. The molecular weight excluding hydrogens is 332 g/mol. The molecule has 2 heterocycles. The number of aryl methyl sites for hydroxylation is 1. The SMILES string of the molecule is O=C(CSc1nnc(C2CC2)n1C1CC1)N1CCCc2ccccc21. The number of anilines is 1. The van der Waals surface area contributed by atoms with Crippen molar-refractivity contribution in [3.63, 3.8) is 0 Å². The molecule has 1 aromatic carbocycles. The van der Waals surface area contributed by atoms with Crippen LogP contribution in [0.3, 0.4) is 0 Å². The smallest absolute Gasteiger partial charge is 0.237 e. The summed E-state index contributed by atoms with van der Waals surface area (Å²) in [5.41, 5.74) is 2.37. The van der Waals surface area contributed by atoms with Gasteiger partial charge in [0.15, 0.2) is 5.16 Å². The summed E-state index contributed by atoms with van der Waals surface area (Å²) >= 11 is 1.56. The molecule has 25 heavy (non-hydrogen) atoms. The first-order chi connectivity index (χ1) is 12.3. The molecule has 1 aromatic heterocycles. The first-order valence-electron chi connectivity index (χ1n) is 9.27. The van der Waals surface area contributed by atoms with Crippen LogP contribution < -0.4 is 4.90 Å². The number of aromatic nitrogens is 3. The molecule has 0 spiro atoms. The van der Waals surface area contributed by atoms with Crippen LogP contribution in [0.1, 0.15) is 55.5 Å². The fourth-order valence-electron chi connectivity index (χ4n) is 3.68. The fraction of sp³-hybridized carbons (Fsp3) is 0.526. The number of hydrogen-bond donors (Lipinski definition) is 0. The molecule has 130 valence electrons. The second-order valence-corrected chi connectivity index (χ2v) is 8.23. The molecule has 0 atom stereocenters. The van der Waals surface area contributed by atoms with Gasteiger partial charge in [0.2, 0.25) is 5.91 Å². The van der Waals surface area contributed by atoms with Crippen LogP contribution in [0.25, 0.3) is 0 Å². The van der Waals surface area contributed by atoms with Gasteiger partial charge in [0.1, 0.15) is 5.82 Å². The van der Waals surface area contributed by atoms with Gasteiger partial charge in [-0.25, -0.2) is 0 Å². The van der Waals surface area contributed by atoms with Gasteiger partial charge in [0.05, 0.1) is 5.75 Å². The second-order valence-electron chi connectivity index (χ2n) is 7.28. The Morgan fingerprint density at radius 3 is 2.80 bits per heavy atom. The van der Waals surface area contributed by atoms with E-state index in [1.54, 1.807) is 11.8 Å². The average Bonchev–Trinajstić information content (AvgIpc) is 3.58. The van der Waals surface area contributed by atoms with Crippen molar-refractivity contribution in [3.05, 3.63) is 35.7 Å². The quantitative estimate of drug-likeness (QED) is 0.771. The molecule has 0 bridgehead atoms. The monoisotopic (exact) mass is 354 g/mol. The predicted octanol–water partition coefficient (Wildman–Crippen LogP) is 3.56. The van der Waals surface area contributed by atoms with Crippen LogP contribution in [0.15, 0.2) is 29.4 Å². The summed E-state index contributed by atoms with van der Waals surface area (Å²) in [6.07, 6.45) is 7.01. The number of amides is 1. The first kappa shape index (κ1) is 15.4. The lowest BCUT2D eigenvalue weighted by atomic mass is 10.0. The van der Waals surface area contributed by atoms with E-state index >= 15 is 0 Å². The van der Waals surface area contributed by atoms with Gasteiger partial charge in [-0.3, -0.25) is 4.79 Å². The number of carbonyl (C=O) groups is 1. The zero-order chi connectivity index (χ0) is 16.8. The van der Waals surface area contributed by atoms with Crippen molar-refractivity contribution in [2.75, 3.05) is 17.2 Å². The fourth-order valence-corrected chi connectivity index (χ4v) is 4.57. The molecule has 2 aromatic rings.